The first-order chi connectivity index (χ1) is 16.6. The average Bonchev–Trinajstić information content (AvgIpc) is 3.13. The lowest BCUT2D eigenvalue weighted by Gasteiger charge is -2.63. The lowest BCUT2D eigenvalue weighted by molar-refractivity contribution is -0.206. The van der Waals surface area contributed by atoms with Crippen LogP contribution in [0.2, 0.25) is 0 Å². The minimum Gasteiger partial charge on any atom is -0.396 e. The normalized spacial score (nSPS) is 43.3. The highest BCUT2D eigenvalue weighted by molar-refractivity contribution is 5.78. The van der Waals surface area contributed by atoms with E-state index in [-0.39, 0.29) is 16.8 Å². The number of rotatable bonds is 8. The number of oxime groups is 1. The molecule has 0 aromatic rings. The Bertz CT molecular complexity index is 846. The monoisotopic (exact) mass is 488 g/mol. The van der Waals surface area contributed by atoms with Gasteiger partial charge in [-0.15, -0.1) is 0 Å². The summed E-state index contributed by atoms with van der Waals surface area (Å²) >= 11 is 0. The molecule has 7 heteroatoms. The van der Waals surface area contributed by atoms with Crippen LogP contribution in [0, 0.1) is 34.0 Å². The van der Waals surface area contributed by atoms with Gasteiger partial charge in [0.15, 0.2) is 5.96 Å². The Hall–Kier alpha value is -1.60. The SMILES string of the molecule is CCC(C=NOCCCNC(=N)N)=C[C@]1(O)CC[C@@]2(C)[C@H](CC[C@@H]3[C@@H]2CC[C@]2(C)CCC[C@]32O)C1. The van der Waals surface area contributed by atoms with Gasteiger partial charge in [-0.1, -0.05) is 25.9 Å². The van der Waals surface area contributed by atoms with Crippen molar-refractivity contribution in [2.24, 2.45) is 39.5 Å². The molecule has 4 rings (SSSR count). The van der Waals surface area contributed by atoms with E-state index in [9.17, 15) is 10.2 Å². The fourth-order valence-corrected chi connectivity index (χ4v) is 8.45. The van der Waals surface area contributed by atoms with Crippen molar-refractivity contribution in [2.75, 3.05) is 13.2 Å². The summed E-state index contributed by atoms with van der Waals surface area (Å²) in [5.74, 6) is 1.46. The van der Waals surface area contributed by atoms with Gasteiger partial charge in [0.25, 0.3) is 0 Å². The van der Waals surface area contributed by atoms with Gasteiger partial charge in [-0.3, -0.25) is 5.41 Å². The van der Waals surface area contributed by atoms with Gasteiger partial charge in [-0.25, -0.2) is 0 Å². The maximum atomic E-state index is 11.9. The quantitative estimate of drug-likeness (QED) is 0.149. The fourth-order valence-electron chi connectivity index (χ4n) is 8.45. The molecule has 0 unspecified atom stereocenters. The third-order valence-electron chi connectivity index (χ3n) is 10.6. The lowest BCUT2D eigenvalue weighted by atomic mass is 9.43. The molecule has 198 valence electrons. The van der Waals surface area contributed by atoms with Crippen molar-refractivity contribution in [1.82, 2.24) is 5.32 Å². The molecule has 4 aliphatic carbocycles. The van der Waals surface area contributed by atoms with Gasteiger partial charge in [-0.05, 0) is 111 Å². The molecule has 7 atom stereocenters. The molecule has 4 fully saturated rings. The van der Waals surface area contributed by atoms with E-state index in [4.69, 9.17) is 16.0 Å². The second-order valence-corrected chi connectivity index (χ2v) is 12.5. The van der Waals surface area contributed by atoms with E-state index in [0.29, 0.717) is 37.3 Å². The predicted molar refractivity (Wildman–Crippen MR) is 140 cm³/mol. The molecule has 0 radical (unpaired) electrons. The van der Waals surface area contributed by atoms with Gasteiger partial charge in [0.2, 0.25) is 0 Å². The molecule has 6 N–H and O–H groups in total. The molecule has 4 aliphatic rings. The van der Waals surface area contributed by atoms with Crippen molar-refractivity contribution in [2.45, 2.75) is 109 Å². The summed E-state index contributed by atoms with van der Waals surface area (Å²) in [6.07, 6.45) is 15.8. The number of allylic oxidation sites excluding steroid dienone is 1. The Morgan fingerprint density at radius 2 is 1.91 bits per heavy atom. The van der Waals surface area contributed by atoms with E-state index in [1.165, 1.54) is 19.3 Å². The number of guanidine groups is 1. The summed E-state index contributed by atoms with van der Waals surface area (Å²) in [7, 11) is 0. The molecule has 35 heavy (non-hydrogen) atoms. The number of aliphatic hydroxyl groups is 2. The van der Waals surface area contributed by atoms with E-state index in [1.54, 1.807) is 6.21 Å². The Morgan fingerprint density at radius 1 is 1.11 bits per heavy atom. The van der Waals surface area contributed by atoms with Crippen LogP contribution in [0.5, 0.6) is 0 Å². The van der Waals surface area contributed by atoms with Crippen molar-refractivity contribution in [1.29, 1.82) is 5.41 Å². The minimum atomic E-state index is -0.798. The van der Waals surface area contributed by atoms with E-state index in [1.807, 2.05) is 6.08 Å². The Labute approximate surface area is 211 Å². The molecule has 4 saturated carbocycles. The van der Waals surface area contributed by atoms with Crippen LogP contribution in [-0.2, 0) is 4.84 Å². The summed E-state index contributed by atoms with van der Waals surface area (Å²) in [5.41, 5.74) is 5.30. The third kappa shape index (κ3) is 5.00. The maximum Gasteiger partial charge on any atom is 0.185 e. The first-order valence-electron chi connectivity index (χ1n) is 13.9. The Kier molecular flexibility index (Phi) is 7.59. The molecule has 0 saturated heterocycles. The summed E-state index contributed by atoms with van der Waals surface area (Å²) < 4.78 is 0. The molecule has 0 spiro atoms. The zero-order valence-corrected chi connectivity index (χ0v) is 22.1. The lowest BCUT2D eigenvalue weighted by Crippen LogP contribution is -2.61. The van der Waals surface area contributed by atoms with Gasteiger partial charge < -0.3 is 26.1 Å². The van der Waals surface area contributed by atoms with Crippen molar-refractivity contribution in [3.05, 3.63) is 11.6 Å². The molecule has 0 amide bonds. The smallest absolute Gasteiger partial charge is 0.185 e. The molecular weight excluding hydrogens is 440 g/mol. The van der Waals surface area contributed by atoms with Crippen LogP contribution in [0.4, 0.5) is 0 Å². The Balaban J connectivity index is 1.38. The molecule has 0 aromatic heterocycles. The largest absolute Gasteiger partial charge is 0.396 e. The molecule has 0 bridgehead atoms. The van der Waals surface area contributed by atoms with E-state index >= 15 is 0 Å². The number of hydrogen-bond acceptors (Lipinski definition) is 5. The van der Waals surface area contributed by atoms with Crippen LogP contribution < -0.4 is 11.1 Å². The standard InChI is InChI=1S/C28H48N4O3/c1-4-20(19-32-35-16-6-15-31-24(29)30)17-27(33)14-13-26(3)21(18-27)7-8-23-22(26)9-12-25(2)10-5-11-28(23,25)34/h17,19,21-23,33-34H,4-16,18H2,1-3H3,(H4,29,30,31)/t21-,22+,23-,25+,26+,27-,28+/m1/s1. The zero-order chi connectivity index (χ0) is 25.3. The van der Waals surface area contributed by atoms with E-state index in [0.717, 1.165) is 56.9 Å². The van der Waals surface area contributed by atoms with Gasteiger partial charge >= 0.3 is 0 Å². The molecule has 0 heterocycles. The average molecular weight is 489 g/mol. The van der Waals surface area contributed by atoms with Crippen LogP contribution in [0.1, 0.15) is 97.8 Å². The molecular formula is C28H48N4O3. The van der Waals surface area contributed by atoms with Crippen molar-refractivity contribution >= 4 is 12.2 Å². The summed E-state index contributed by atoms with van der Waals surface area (Å²) in [6, 6.07) is 0. The molecule has 0 aromatic carbocycles. The second-order valence-electron chi connectivity index (χ2n) is 12.5. The summed E-state index contributed by atoms with van der Waals surface area (Å²) in [6.45, 7) is 7.93. The van der Waals surface area contributed by atoms with Crippen LogP contribution in [-0.4, -0.2) is 46.7 Å². The van der Waals surface area contributed by atoms with Gasteiger partial charge in [0.05, 0.1) is 17.4 Å². The molecule has 0 aliphatic heterocycles. The summed E-state index contributed by atoms with van der Waals surface area (Å²) in [5, 5.41) is 37.5. The van der Waals surface area contributed by atoms with Gasteiger partial charge in [0.1, 0.15) is 6.61 Å². The third-order valence-corrected chi connectivity index (χ3v) is 10.6. The summed E-state index contributed by atoms with van der Waals surface area (Å²) in [4.78, 5) is 5.35. The van der Waals surface area contributed by atoms with Crippen LogP contribution in [0.3, 0.4) is 0 Å². The van der Waals surface area contributed by atoms with Crippen LogP contribution in [0.25, 0.3) is 0 Å². The highest BCUT2D eigenvalue weighted by Gasteiger charge is 2.65. The van der Waals surface area contributed by atoms with Gasteiger partial charge in [0, 0.05) is 13.0 Å². The van der Waals surface area contributed by atoms with Gasteiger partial charge in [-0.2, -0.15) is 0 Å². The zero-order valence-electron chi connectivity index (χ0n) is 22.1. The highest BCUT2D eigenvalue weighted by atomic mass is 16.6. The number of nitrogens with zero attached hydrogens (tertiary/aromatic N) is 1. The predicted octanol–water partition coefficient (Wildman–Crippen LogP) is 4.48. The number of hydrogen-bond donors (Lipinski definition) is 5. The van der Waals surface area contributed by atoms with E-state index in [2.05, 4.69) is 31.2 Å². The number of nitrogens with one attached hydrogen (secondary N) is 2. The van der Waals surface area contributed by atoms with Crippen LogP contribution >= 0.6 is 0 Å². The second kappa shape index (κ2) is 10.0. The fraction of sp³-hybridized carbons (Fsp3) is 0.857. The van der Waals surface area contributed by atoms with Crippen LogP contribution in [0.15, 0.2) is 16.8 Å². The number of nitrogens with two attached hydrogens (primary N) is 1. The Morgan fingerprint density at radius 3 is 2.66 bits per heavy atom. The van der Waals surface area contributed by atoms with Crippen molar-refractivity contribution in [3.63, 3.8) is 0 Å². The highest BCUT2D eigenvalue weighted by Crippen LogP contribution is 2.68. The maximum absolute atomic E-state index is 11.9. The number of fused-ring (bicyclic) bond motifs is 5. The van der Waals surface area contributed by atoms with E-state index < -0.39 is 11.2 Å². The minimum absolute atomic E-state index is 0.0358. The van der Waals surface area contributed by atoms with Crippen molar-refractivity contribution in [3.8, 4) is 0 Å². The first-order valence-corrected chi connectivity index (χ1v) is 13.9. The first kappa shape index (κ1) is 26.5. The van der Waals surface area contributed by atoms with Crippen molar-refractivity contribution < 1.29 is 15.1 Å². The topological polar surface area (TPSA) is 124 Å². The molecule has 7 nitrogen and oxygen atoms in total.